The van der Waals surface area contributed by atoms with Crippen LogP contribution in [0.25, 0.3) is 0 Å². The second-order valence-corrected chi connectivity index (χ2v) is 6.50. The molecule has 2 aromatic rings. The normalized spacial score (nSPS) is 19.6. The van der Waals surface area contributed by atoms with Crippen LogP contribution in [0.2, 0.25) is 0 Å². The number of likely N-dealkylation sites (N-methyl/N-ethyl adjacent to an activating group) is 1. The zero-order chi connectivity index (χ0) is 20.5. The number of hydrogen-bond donors (Lipinski definition) is 1. The summed E-state index contributed by atoms with van der Waals surface area (Å²) in [6.07, 6.45) is -3.00. The van der Waals surface area contributed by atoms with Gasteiger partial charge in [-0.1, -0.05) is 12.1 Å². The lowest BCUT2D eigenvalue weighted by Gasteiger charge is -2.18. The van der Waals surface area contributed by atoms with E-state index in [0.717, 1.165) is 12.1 Å². The number of rotatable bonds is 4. The third kappa shape index (κ3) is 3.92. The van der Waals surface area contributed by atoms with Gasteiger partial charge in [0.1, 0.15) is 5.92 Å². The summed E-state index contributed by atoms with van der Waals surface area (Å²) < 4.78 is 43.4. The van der Waals surface area contributed by atoms with Crippen molar-refractivity contribution in [2.24, 2.45) is 5.92 Å². The minimum absolute atomic E-state index is 0.238. The number of carbonyl (C=O) groups is 2. The van der Waals surface area contributed by atoms with Gasteiger partial charge in [-0.05, 0) is 23.8 Å². The van der Waals surface area contributed by atoms with Crippen molar-refractivity contribution in [1.29, 1.82) is 0 Å². The van der Waals surface area contributed by atoms with Crippen molar-refractivity contribution >= 4 is 17.5 Å². The number of methoxy groups -OCH3 is 1. The van der Waals surface area contributed by atoms with Crippen molar-refractivity contribution in [3.8, 4) is 5.88 Å². The number of benzene rings is 1. The van der Waals surface area contributed by atoms with Gasteiger partial charge >= 0.3 is 6.18 Å². The molecule has 1 aliphatic rings. The Hall–Kier alpha value is -3.10. The standard InChI is InChI=1S/C19H18F3N3O3/c1-25-10-14(11-3-5-12(6-4-11)19(20,21)22)16(18(25)27)17(26)24-13-7-8-23-15(9-13)28-2/h3-9,14,16H,10H2,1-2H3,(H,23,24,26)/t14-,16+/m0/s1. The fraction of sp³-hybridized carbons (Fsp3) is 0.316. The van der Waals surface area contributed by atoms with Gasteiger partial charge in [-0.25, -0.2) is 4.98 Å². The molecule has 0 aliphatic carbocycles. The maximum atomic E-state index is 12.8. The number of likely N-dealkylation sites (tertiary alicyclic amines) is 1. The van der Waals surface area contributed by atoms with Gasteiger partial charge in [-0.2, -0.15) is 13.2 Å². The summed E-state index contributed by atoms with van der Waals surface area (Å²) in [4.78, 5) is 30.6. The number of nitrogens with zero attached hydrogens (tertiary/aromatic N) is 2. The van der Waals surface area contributed by atoms with Crippen LogP contribution in [0, 0.1) is 5.92 Å². The summed E-state index contributed by atoms with van der Waals surface area (Å²) in [5.74, 6) is -2.22. The molecule has 1 aromatic heterocycles. The largest absolute Gasteiger partial charge is 0.481 e. The molecular formula is C19H18F3N3O3. The van der Waals surface area contributed by atoms with E-state index >= 15 is 0 Å². The number of aromatic nitrogens is 1. The molecule has 2 atom stereocenters. The Morgan fingerprint density at radius 2 is 1.93 bits per heavy atom. The molecule has 1 N–H and O–H groups in total. The zero-order valence-corrected chi connectivity index (χ0v) is 15.2. The zero-order valence-electron chi connectivity index (χ0n) is 15.2. The first-order valence-electron chi connectivity index (χ1n) is 8.43. The lowest BCUT2D eigenvalue weighted by Crippen LogP contribution is -2.32. The number of carbonyl (C=O) groups excluding carboxylic acids is 2. The first kappa shape index (κ1) is 19.7. The van der Waals surface area contributed by atoms with Crippen LogP contribution in [0.1, 0.15) is 17.0 Å². The molecule has 0 bridgehead atoms. The Labute approximate surface area is 159 Å². The number of alkyl halides is 3. The number of pyridine rings is 1. The topological polar surface area (TPSA) is 71.5 Å². The third-order valence-electron chi connectivity index (χ3n) is 4.68. The van der Waals surface area contributed by atoms with E-state index in [2.05, 4.69) is 10.3 Å². The molecule has 0 spiro atoms. The van der Waals surface area contributed by atoms with Crippen molar-refractivity contribution in [1.82, 2.24) is 9.88 Å². The van der Waals surface area contributed by atoms with Crippen LogP contribution in [0.5, 0.6) is 5.88 Å². The van der Waals surface area contributed by atoms with E-state index < -0.39 is 29.5 Å². The molecule has 0 radical (unpaired) electrons. The van der Waals surface area contributed by atoms with Crippen LogP contribution in [-0.4, -0.2) is 42.4 Å². The van der Waals surface area contributed by atoms with Crippen LogP contribution in [0.4, 0.5) is 18.9 Å². The highest BCUT2D eigenvalue weighted by Crippen LogP contribution is 2.36. The molecule has 0 saturated carbocycles. The maximum absolute atomic E-state index is 12.8. The molecule has 1 aliphatic heterocycles. The lowest BCUT2D eigenvalue weighted by molar-refractivity contribution is -0.138. The third-order valence-corrected chi connectivity index (χ3v) is 4.68. The summed E-state index contributed by atoms with van der Waals surface area (Å²) in [5.41, 5.74) is 0.127. The van der Waals surface area contributed by atoms with Gasteiger partial charge in [0.2, 0.25) is 17.7 Å². The molecule has 3 rings (SSSR count). The maximum Gasteiger partial charge on any atom is 0.416 e. The minimum Gasteiger partial charge on any atom is -0.481 e. The van der Waals surface area contributed by atoms with Gasteiger partial charge in [0.25, 0.3) is 0 Å². The van der Waals surface area contributed by atoms with Crippen molar-refractivity contribution < 1.29 is 27.5 Å². The highest BCUT2D eigenvalue weighted by molar-refractivity contribution is 6.08. The molecule has 0 unspecified atom stereocenters. The van der Waals surface area contributed by atoms with Gasteiger partial charge in [0.05, 0.1) is 12.7 Å². The molecule has 1 fully saturated rings. The van der Waals surface area contributed by atoms with E-state index in [1.54, 1.807) is 13.1 Å². The van der Waals surface area contributed by atoms with Gasteiger partial charge in [0, 0.05) is 37.5 Å². The van der Waals surface area contributed by atoms with E-state index in [9.17, 15) is 22.8 Å². The molecule has 2 heterocycles. The monoisotopic (exact) mass is 393 g/mol. The smallest absolute Gasteiger partial charge is 0.416 e. The Morgan fingerprint density at radius 1 is 1.25 bits per heavy atom. The summed E-state index contributed by atoms with van der Waals surface area (Å²) in [7, 11) is 2.99. The molecule has 1 aromatic carbocycles. The van der Waals surface area contributed by atoms with E-state index in [1.807, 2.05) is 0 Å². The fourth-order valence-electron chi connectivity index (χ4n) is 3.23. The molecular weight excluding hydrogens is 375 g/mol. The number of ether oxygens (including phenoxy) is 1. The van der Waals surface area contributed by atoms with E-state index in [4.69, 9.17) is 4.74 Å². The van der Waals surface area contributed by atoms with Gasteiger partial charge in [0.15, 0.2) is 0 Å². The highest BCUT2D eigenvalue weighted by atomic mass is 19.4. The van der Waals surface area contributed by atoms with Gasteiger partial charge in [-0.15, -0.1) is 0 Å². The molecule has 1 saturated heterocycles. The van der Waals surface area contributed by atoms with Crippen molar-refractivity contribution in [2.75, 3.05) is 26.0 Å². The number of amides is 2. The second kappa shape index (κ2) is 7.49. The quantitative estimate of drug-likeness (QED) is 0.811. The number of nitrogens with one attached hydrogen (secondary N) is 1. The van der Waals surface area contributed by atoms with Gasteiger partial charge < -0.3 is 15.0 Å². The van der Waals surface area contributed by atoms with Crippen molar-refractivity contribution in [2.45, 2.75) is 12.1 Å². The molecule has 6 nitrogen and oxygen atoms in total. The summed E-state index contributed by atoms with van der Waals surface area (Å²) >= 11 is 0. The highest BCUT2D eigenvalue weighted by Gasteiger charge is 2.44. The SMILES string of the molecule is COc1cc(NC(=O)[C@@H]2C(=O)N(C)C[C@H]2c2ccc(C(F)(F)F)cc2)ccn1. The van der Waals surface area contributed by atoms with Crippen molar-refractivity contribution in [3.63, 3.8) is 0 Å². The van der Waals surface area contributed by atoms with E-state index in [-0.39, 0.29) is 12.5 Å². The van der Waals surface area contributed by atoms with Crippen LogP contribution >= 0.6 is 0 Å². The van der Waals surface area contributed by atoms with E-state index in [1.165, 1.54) is 36.4 Å². The Kier molecular flexibility index (Phi) is 5.26. The van der Waals surface area contributed by atoms with Crippen LogP contribution in [0.3, 0.4) is 0 Å². The first-order valence-corrected chi connectivity index (χ1v) is 8.43. The minimum atomic E-state index is -4.45. The predicted molar refractivity (Wildman–Crippen MR) is 94.7 cm³/mol. The van der Waals surface area contributed by atoms with Crippen molar-refractivity contribution in [3.05, 3.63) is 53.7 Å². The fourth-order valence-corrected chi connectivity index (χ4v) is 3.23. The molecule has 2 amide bonds. The molecule has 148 valence electrons. The predicted octanol–water partition coefficient (Wildman–Crippen LogP) is 2.92. The van der Waals surface area contributed by atoms with E-state index in [0.29, 0.717) is 17.1 Å². The number of hydrogen-bond acceptors (Lipinski definition) is 4. The lowest BCUT2D eigenvalue weighted by atomic mass is 9.87. The molecule has 28 heavy (non-hydrogen) atoms. The first-order chi connectivity index (χ1) is 13.2. The summed E-state index contributed by atoms with van der Waals surface area (Å²) in [5, 5.41) is 2.66. The van der Waals surface area contributed by atoms with Gasteiger partial charge in [-0.3, -0.25) is 9.59 Å². The Morgan fingerprint density at radius 3 is 2.54 bits per heavy atom. The number of halogens is 3. The average molecular weight is 393 g/mol. The number of anilines is 1. The van der Waals surface area contributed by atoms with Crippen LogP contribution < -0.4 is 10.1 Å². The molecule has 9 heteroatoms. The van der Waals surface area contributed by atoms with Crippen LogP contribution in [0.15, 0.2) is 42.6 Å². The second-order valence-electron chi connectivity index (χ2n) is 6.50. The Bertz CT molecular complexity index is 884. The average Bonchev–Trinajstić information content (AvgIpc) is 2.96. The summed E-state index contributed by atoms with van der Waals surface area (Å²) in [6.45, 7) is 0.238. The Balaban J connectivity index is 1.84. The summed E-state index contributed by atoms with van der Waals surface area (Å²) in [6, 6.07) is 7.61. The van der Waals surface area contributed by atoms with Crippen LogP contribution in [-0.2, 0) is 15.8 Å².